The van der Waals surface area contributed by atoms with Crippen molar-refractivity contribution in [3.8, 4) is 33.2 Å². The molecule has 3 heterocycles. The molecular formula is C44H29N3S2. The first-order valence-electron chi connectivity index (χ1n) is 16.6. The molecule has 1 unspecified atom stereocenters. The first-order chi connectivity index (χ1) is 24.3. The lowest BCUT2D eigenvalue weighted by molar-refractivity contribution is 0.766. The van der Waals surface area contributed by atoms with Gasteiger partial charge in [-0.3, -0.25) is 0 Å². The summed E-state index contributed by atoms with van der Waals surface area (Å²) in [6.07, 6.45) is 5.52. The molecule has 5 aromatic carbocycles. The third-order valence-corrected chi connectivity index (χ3v) is 12.0. The standard InChI is InChI=1S/C44H29N3S2/c1-5-15-35-30(11-1)27-34(33-14-4-8-18-38(33)44(35)36-16-6-2-12-31(36)32-13-3-7-17-37(32)44)28-21-23-29(24-22-28)41-45-42(39-19-9-25-48-39)47-43(46-41)40-20-10-26-49-40/h1-19,21-27,40H,20H2. The molecule has 0 saturated carbocycles. The zero-order valence-corrected chi connectivity index (χ0v) is 28.1. The molecule has 49 heavy (non-hydrogen) atoms. The summed E-state index contributed by atoms with van der Waals surface area (Å²) in [4.78, 5) is 16.0. The molecule has 2 aromatic heterocycles. The highest BCUT2D eigenvalue weighted by atomic mass is 32.2. The van der Waals surface area contributed by atoms with E-state index in [9.17, 15) is 0 Å². The van der Waals surface area contributed by atoms with Gasteiger partial charge < -0.3 is 0 Å². The number of allylic oxidation sites excluding steroid dienone is 1. The highest BCUT2D eigenvalue weighted by molar-refractivity contribution is 8.02. The Morgan fingerprint density at radius 2 is 1.16 bits per heavy atom. The van der Waals surface area contributed by atoms with E-state index in [0.717, 1.165) is 34.1 Å². The summed E-state index contributed by atoms with van der Waals surface area (Å²) in [5, 5.41) is 4.44. The maximum absolute atomic E-state index is 5.02. The Bertz CT molecular complexity index is 2400. The number of aromatic nitrogens is 3. The summed E-state index contributed by atoms with van der Waals surface area (Å²) in [6.45, 7) is 0. The number of hydrogen-bond acceptors (Lipinski definition) is 5. The average molecular weight is 664 g/mol. The van der Waals surface area contributed by atoms with Crippen molar-refractivity contribution >= 4 is 34.7 Å². The van der Waals surface area contributed by atoms with Crippen molar-refractivity contribution in [3.05, 3.63) is 195 Å². The Morgan fingerprint density at radius 1 is 0.551 bits per heavy atom. The Morgan fingerprint density at radius 3 is 1.84 bits per heavy atom. The van der Waals surface area contributed by atoms with Crippen LogP contribution in [0.3, 0.4) is 0 Å². The molecule has 0 bridgehead atoms. The van der Waals surface area contributed by atoms with Crippen LogP contribution >= 0.6 is 23.1 Å². The Labute approximate surface area is 293 Å². The van der Waals surface area contributed by atoms with Crippen LogP contribution < -0.4 is 0 Å². The summed E-state index contributed by atoms with van der Waals surface area (Å²) in [6, 6.07) is 48.8. The van der Waals surface area contributed by atoms with Crippen LogP contribution in [0.1, 0.15) is 56.4 Å². The highest BCUT2D eigenvalue weighted by Gasteiger charge is 2.48. The normalized spacial score (nSPS) is 16.4. The van der Waals surface area contributed by atoms with Crippen LogP contribution in [-0.4, -0.2) is 15.0 Å². The molecule has 232 valence electrons. The lowest BCUT2D eigenvalue weighted by Gasteiger charge is -2.35. The van der Waals surface area contributed by atoms with Gasteiger partial charge in [-0.05, 0) is 85.0 Å². The van der Waals surface area contributed by atoms with Gasteiger partial charge in [0.2, 0.25) is 0 Å². The van der Waals surface area contributed by atoms with E-state index in [1.807, 2.05) is 6.07 Å². The molecule has 0 radical (unpaired) electrons. The highest BCUT2D eigenvalue weighted by Crippen LogP contribution is 2.59. The minimum absolute atomic E-state index is 0.214. The summed E-state index contributed by atoms with van der Waals surface area (Å²) in [5.41, 5.74) is 13.3. The minimum Gasteiger partial charge on any atom is -0.212 e. The van der Waals surface area contributed by atoms with Crippen LogP contribution in [-0.2, 0) is 5.41 Å². The second-order valence-corrected chi connectivity index (χ2v) is 14.7. The van der Waals surface area contributed by atoms with Crippen LogP contribution in [0, 0.1) is 0 Å². The lowest BCUT2D eigenvalue weighted by atomic mass is 9.66. The summed E-state index contributed by atoms with van der Waals surface area (Å²) < 4.78 is 0. The predicted octanol–water partition coefficient (Wildman–Crippen LogP) is 11.2. The zero-order valence-electron chi connectivity index (χ0n) is 26.5. The van der Waals surface area contributed by atoms with Gasteiger partial charge in [-0.2, -0.15) is 0 Å². The maximum atomic E-state index is 5.02. The number of hydrogen-bond donors (Lipinski definition) is 0. The second kappa shape index (κ2) is 11.4. The van der Waals surface area contributed by atoms with E-state index in [-0.39, 0.29) is 5.25 Å². The van der Waals surface area contributed by atoms with Gasteiger partial charge in [0.05, 0.1) is 15.5 Å². The number of rotatable bonds is 4. The van der Waals surface area contributed by atoms with Gasteiger partial charge in [0, 0.05) is 5.56 Å². The fourth-order valence-corrected chi connectivity index (χ4v) is 9.49. The Hall–Kier alpha value is -5.36. The second-order valence-electron chi connectivity index (χ2n) is 12.7. The van der Waals surface area contributed by atoms with Crippen LogP contribution in [0.4, 0.5) is 0 Å². The molecule has 1 spiro atoms. The van der Waals surface area contributed by atoms with Gasteiger partial charge >= 0.3 is 0 Å². The molecule has 0 N–H and O–H groups in total. The Kier molecular flexibility index (Phi) is 6.64. The van der Waals surface area contributed by atoms with E-state index >= 15 is 0 Å². The SMILES string of the molecule is C1=CSC(c2nc(-c3ccc(C4=Cc5ccccc5C5(c6ccccc64)c4ccccc4-c4ccccc45)cc3)nc(-c3cccs3)n2)C1. The van der Waals surface area contributed by atoms with Gasteiger partial charge in [0.1, 0.15) is 5.82 Å². The van der Waals surface area contributed by atoms with E-state index in [1.54, 1.807) is 23.1 Å². The first-order valence-corrected chi connectivity index (χ1v) is 18.4. The van der Waals surface area contributed by atoms with E-state index in [0.29, 0.717) is 5.82 Å². The third-order valence-electron chi connectivity index (χ3n) is 10.1. The molecule has 3 nitrogen and oxygen atoms in total. The van der Waals surface area contributed by atoms with E-state index < -0.39 is 5.41 Å². The van der Waals surface area contributed by atoms with Crippen LogP contribution in [0.5, 0.6) is 0 Å². The van der Waals surface area contributed by atoms with E-state index in [1.165, 1.54) is 50.1 Å². The van der Waals surface area contributed by atoms with Crippen molar-refractivity contribution in [2.45, 2.75) is 17.1 Å². The van der Waals surface area contributed by atoms with Crippen molar-refractivity contribution in [1.82, 2.24) is 15.0 Å². The van der Waals surface area contributed by atoms with Crippen molar-refractivity contribution in [2.24, 2.45) is 0 Å². The fourth-order valence-electron chi connectivity index (χ4n) is 7.97. The molecule has 1 aliphatic heterocycles. The Balaban J connectivity index is 1.14. The zero-order chi connectivity index (χ0) is 32.4. The molecule has 3 aliphatic rings. The number of benzene rings is 5. The third kappa shape index (κ3) is 4.39. The smallest absolute Gasteiger partial charge is 0.173 e. The largest absolute Gasteiger partial charge is 0.212 e. The van der Waals surface area contributed by atoms with Gasteiger partial charge in [-0.1, -0.05) is 133 Å². The average Bonchev–Trinajstić information content (AvgIpc) is 3.94. The minimum atomic E-state index is -0.439. The molecule has 7 aromatic rings. The van der Waals surface area contributed by atoms with Crippen LogP contribution in [0.15, 0.2) is 150 Å². The van der Waals surface area contributed by atoms with Crippen molar-refractivity contribution in [2.75, 3.05) is 0 Å². The van der Waals surface area contributed by atoms with E-state index in [4.69, 9.17) is 15.0 Å². The molecule has 0 fully saturated rings. The molecule has 1 atom stereocenters. The van der Waals surface area contributed by atoms with Crippen LogP contribution in [0.25, 0.3) is 44.9 Å². The molecule has 0 amide bonds. The fraction of sp³-hybridized carbons (Fsp3) is 0.0682. The van der Waals surface area contributed by atoms with Crippen LogP contribution in [0.2, 0.25) is 0 Å². The topological polar surface area (TPSA) is 38.7 Å². The summed E-state index contributed by atoms with van der Waals surface area (Å²) >= 11 is 3.44. The first kappa shape index (κ1) is 28.6. The number of thioether (sulfide) groups is 1. The number of fused-ring (bicyclic) bond motifs is 9. The maximum Gasteiger partial charge on any atom is 0.173 e. The molecule has 2 aliphatic carbocycles. The number of nitrogens with zero attached hydrogens (tertiary/aromatic N) is 3. The van der Waals surface area contributed by atoms with Gasteiger partial charge in [0.15, 0.2) is 11.6 Å². The lowest BCUT2D eigenvalue weighted by Crippen LogP contribution is -2.30. The molecule has 10 rings (SSSR count). The molecule has 0 saturated heterocycles. The van der Waals surface area contributed by atoms with E-state index in [2.05, 4.69) is 150 Å². The van der Waals surface area contributed by atoms with Gasteiger partial charge in [0.25, 0.3) is 0 Å². The van der Waals surface area contributed by atoms with Gasteiger partial charge in [-0.15, -0.1) is 23.1 Å². The molecular weight excluding hydrogens is 635 g/mol. The van der Waals surface area contributed by atoms with Crippen molar-refractivity contribution in [1.29, 1.82) is 0 Å². The van der Waals surface area contributed by atoms with Crippen molar-refractivity contribution < 1.29 is 0 Å². The summed E-state index contributed by atoms with van der Waals surface area (Å²) in [7, 11) is 0. The summed E-state index contributed by atoms with van der Waals surface area (Å²) in [5.74, 6) is 2.30. The predicted molar refractivity (Wildman–Crippen MR) is 203 cm³/mol. The number of thiophene rings is 1. The molecule has 5 heteroatoms. The monoisotopic (exact) mass is 663 g/mol. The van der Waals surface area contributed by atoms with Gasteiger partial charge in [-0.25, -0.2) is 15.0 Å². The quantitative estimate of drug-likeness (QED) is 0.188. The van der Waals surface area contributed by atoms with Crippen molar-refractivity contribution in [3.63, 3.8) is 0 Å².